The predicted octanol–water partition coefficient (Wildman–Crippen LogP) is 1.81. The highest BCUT2D eigenvalue weighted by molar-refractivity contribution is 9.09. The molecule has 0 aromatic heterocycles. The van der Waals surface area contributed by atoms with Crippen LogP contribution in [0.25, 0.3) is 0 Å². The molecule has 0 aliphatic carbocycles. The quantitative estimate of drug-likeness (QED) is 0.557. The van der Waals surface area contributed by atoms with Crippen LogP contribution in [0.2, 0.25) is 0 Å². The molecule has 0 radical (unpaired) electrons. The van der Waals surface area contributed by atoms with Crippen LogP contribution in [-0.2, 0) is 4.74 Å². The highest BCUT2D eigenvalue weighted by Crippen LogP contribution is 2.21. The lowest BCUT2D eigenvalue weighted by Crippen LogP contribution is -2.09. The van der Waals surface area contributed by atoms with Gasteiger partial charge < -0.3 is 4.74 Å². The molecule has 2 atom stereocenters. The second-order valence-electron chi connectivity index (χ2n) is 2.30. The van der Waals surface area contributed by atoms with Gasteiger partial charge in [0.25, 0.3) is 0 Å². The lowest BCUT2D eigenvalue weighted by molar-refractivity contribution is 0.186. The fraction of sp³-hybridized carbons (Fsp3) is 1.00. The van der Waals surface area contributed by atoms with E-state index in [0.29, 0.717) is 4.83 Å². The number of halogens is 1. The Hall–Kier alpha value is 0.440. The molecule has 2 heteroatoms. The first-order valence-corrected chi connectivity index (χ1v) is 3.94. The first-order valence-electron chi connectivity index (χ1n) is 3.02. The van der Waals surface area contributed by atoms with Gasteiger partial charge in [-0.1, -0.05) is 22.9 Å². The van der Waals surface area contributed by atoms with Crippen molar-refractivity contribution in [1.29, 1.82) is 0 Å². The predicted molar refractivity (Wildman–Crippen MR) is 37.3 cm³/mol. The molecule has 1 aliphatic heterocycles. The second-order valence-corrected chi connectivity index (χ2v) is 3.75. The fourth-order valence-corrected chi connectivity index (χ4v) is 1.33. The van der Waals surface area contributed by atoms with Crippen LogP contribution in [0.15, 0.2) is 0 Å². The molecule has 1 aliphatic rings. The minimum atomic E-state index is 0.630. The maximum absolute atomic E-state index is 5.19. The summed E-state index contributed by atoms with van der Waals surface area (Å²) in [5.74, 6) is 0.759. The zero-order valence-corrected chi connectivity index (χ0v) is 6.65. The lowest BCUT2D eigenvalue weighted by atomic mass is 10.1. The molecule has 1 saturated heterocycles. The van der Waals surface area contributed by atoms with Crippen LogP contribution in [0.5, 0.6) is 0 Å². The summed E-state index contributed by atoms with van der Waals surface area (Å²) >= 11 is 3.52. The van der Waals surface area contributed by atoms with Gasteiger partial charge >= 0.3 is 0 Å². The molecular weight excluding hydrogens is 168 g/mol. The molecule has 2 unspecified atom stereocenters. The van der Waals surface area contributed by atoms with E-state index in [1.165, 1.54) is 6.42 Å². The summed E-state index contributed by atoms with van der Waals surface area (Å²) in [6.45, 7) is 4.09. The van der Waals surface area contributed by atoms with E-state index in [2.05, 4.69) is 22.9 Å². The molecule has 0 saturated carbocycles. The summed E-state index contributed by atoms with van der Waals surface area (Å²) in [7, 11) is 0. The van der Waals surface area contributed by atoms with Crippen LogP contribution in [0, 0.1) is 5.92 Å². The Balaban J connectivity index is 2.24. The molecule has 48 valence electrons. The Morgan fingerprint density at radius 2 is 2.50 bits per heavy atom. The molecule has 0 N–H and O–H groups in total. The van der Waals surface area contributed by atoms with E-state index in [9.17, 15) is 0 Å². The van der Waals surface area contributed by atoms with Gasteiger partial charge in [0.1, 0.15) is 0 Å². The summed E-state index contributed by atoms with van der Waals surface area (Å²) in [6, 6.07) is 0. The van der Waals surface area contributed by atoms with Crippen molar-refractivity contribution in [2.45, 2.75) is 18.2 Å². The highest BCUT2D eigenvalue weighted by Gasteiger charge is 2.19. The van der Waals surface area contributed by atoms with E-state index < -0.39 is 0 Å². The molecule has 1 nitrogen and oxygen atoms in total. The minimum absolute atomic E-state index is 0.630. The first-order chi connectivity index (χ1) is 3.80. The summed E-state index contributed by atoms with van der Waals surface area (Å²) in [5.41, 5.74) is 0. The number of ether oxygens (including phenoxy) is 1. The molecule has 0 amide bonds. The SMILES string of the molecule is CC(Br)C1CCOC1. The first kappa shape index (κ1) is 6.56. The van der Waals surface area contributed by atoms with Crippen molar-refractivity contribution in [3.63, 3.8) is 0 Å². The van der Waals surface area contributed by atoms with E-state index >= 15 is 0 Å². The monoisotopic (exact) mass is 178 g/mol. The second kappa shape index (κ2) is 2.83. The van der Waals surface area contributed by atoms with Crippen LogP contribution < -0.4 is 0 Å². The van der Waals surface area contributed by atoms with Crippen molar-refractivity contribution in [1.82, 2.24) is 0 Å². The Morgan fingerprint density at radius 3 is 2.75 bits per heavy atom. The molecule has 1 rings (SSSR count). The molecular formula is C6H11BrO. The van der Waals surface area contributed by atoms with Crippen molar-refractivity contribution in [3.05, 3.63) is 0 Å². The summed E-state index contributed by atoms with van der Waals surface area (Å²) in [6.07, 6.45) is 1.23. The van der Waals surface area contributed by atoms with Crippen LogP contribution in [0.3, 0.4) is 0 Å². The van der Waals surface area contributed by atoms with Crippen molar-refractivity contribution < 1.29 is 4.74 Å². The zero-order valence-electron chi connectivity index (χ0n) is 5.06. The Bertz CT molecular complexity index is 66.9. The Labute approximate surface area is 58.5 Å². The van der Waals surface area contributed by atoms with Gasteiger partial charge in [-0.15, -0.1) is 0 Å². The molecule has 0 aromatic carbocycles. The maximum Gasteiger partial charge on any atom is 0.0505 e. The largest absolute Gasteiger partial charge is 0.381 e. The maximum atomic E-state index is 5.19. The average Bonchev–Trinajstić information content (AvgIpc) is 2.12. The third-order valence-corrected chi connectivity index (χ3v) is 2.36. The van der Waals surface area contributed by atoms with E-state index in [0.717, 1.165) is 19.1 Å². The van der Waals surface area contributed by atoms with Gasteiger partial charge in [-0.3, -0.25) is 0 Å². The van der Waals surface area contributed by atoms with Gasteiger partial charge in [0.2, 0.25) is 0 Å². The van der Waals surface area contributed by atoms with E-state index in [1.54, 1.807) is 0 Å². The highest BCUT2D eigenvalue weighted by atomic mass is 79.9. The van der Waals surface area contributed by atoms with E-state index in [4.69, 9.17) is 4.74 Å². The summed E-state index contributed by atoms with van der Waals surface area (Å²) in [5, 5.41) is 0. The number of hydrogen-bond donors (Lipinski definition) is 0. The number of hydrogen-bond acceptors (Lipinski definition) is 1. The third kappa shape index (κ3) is 1.46. The van der Waals surface area contributed by atoms with Gasteiger partial charge in [-0.25, -0.2) is 0 Å². The van der Waals surface area contributed by atoms with Crippen LogP contribution in [-0.4, -0.2) is 18.0 Å². The van der Waals surface area contributed by atoms with Gasteiger partial charge in [-0.2, -0.15) is 0 Å². The normalized spacial score (nSPS) is 33.0. The van der Waals surface area contributed by atoms with Crippen LogP contribution >= 0.6 is 15.9 Å². The molecule has 1 heterocycles. The van der Waals surface area contributed by atoms with Crippen LogP contribution in [0.4, 0.5) is 0 Å². The van der Waals surface area contributed by atoms with E-state index in [-0.39, 0.29) is 0 Å². The molecule has 0 bridgehead atoms. The fourth-order valence-electron chi connectivity index (χ4n) is 0.915. The van der Waals surface area contributed by atoms with Crippen molar-refractivity contribution >= 4 is 15.9 Å². The van der Waals surface area contributed by atoms with Crippen LogP contribution in [0.1, 0.15) is 13.3 Å². The van der Waals surface area contributed by atoms with Gasteiger partial charge in [0.05, 0.1) is 6.61 Å². The third-order valence-electron chi connectivity index (χ3n) is 1.61. The van der Waals surface area contributed by atoms with Gasteiger partial charge in [0.15, 0.2) is 0 Å². The standard InChI is InChI=1S/C6H11BrO/c1-5(7)6-2-3-8-4-6/h5-6H,2-4H2,1H3. The van der Waals surface area contributed by atoms with Crippen molar-refractivity contribution in [3.8, 4) is 0 Å². The molecule has 8 heavy (non-hydrogen) atoms. The summed E-state index contributed by atoms with van der Waals surface area (Å²) < 4.78 is 5.19. The summed E-state index contributed by atoms with van der Waals surface area (Å²) in [4.78, 5) is 0.630. The molecule has 0 aromatic rings. The number of rotatable bonds is 1. The smallest absolute Gasteiger partial charge is 0.0505 e. The topological polar surface area (TPSA) is 9.23 Å². The zero-order chi connectivity index (χ0) is 5.98. The van der Waals surface area contributed by atoms with Crippen molar-refractivity contribution in [2.75, 3.05) is 13.2 Å². The Morgan fingerprint density at radius 1 is 1.75 bits per heavy atom. The van der Waals surface area contributed by atoms with Crippen molar-refractivity contribution in [2.24, 2.45) is 5.92 Å². The lowest BCUT2D eigenvalue weighted by Gasteiger charge is -2.07. The average molecular weight is 179 g/mol. The minimum Gasteiger partial charge on any atom is -0.381 e. The van der Waals surface area contributed by atoms with E-state index in [1.807, 2.05) is 0 Å². The van der Waals surface area contributed by atoms with Gasteiger partial charge in [0, 0.05) is 11.4 Å². The number of alkyl halides is 1. The Kier molecular flexibility index (Phi) is 2.32. The molecule has 1 fully saturated rings. The molecule has 0 spiro atoms. The van der Waals surface area contributed by atoms with Gasteiger partial charge in [-0.05, 0) is 12.3 Å².